The van der Waals surface area contributed by atoms with Crippen molar-refractivity contribution in [3.05, 3.63) is 47.4 Å². The molecule has 0 fully saturated rings. The molecular formula is C12H14FN3O. The van der Waals surface area contributed by atoms with Crippen molar-refractivity contribution < 1.29 is 8.91 Å². The number of hydrogen-bond acceptors (Lipinski definition) is 4. The Labute approximate surface area is 98.6 Å². The van der Waals surface area contributed by atoms with Crippen molar-refractivity contribution in [1.82, 2.24) is 10.1 Å². The summed E-state index contributed by atoms with van der Waals surface area (Å²) < 4.78 is 18.6. The molecule has 2 aromatic rings. The number of benzene rings is 1. The third kappa shape index (κ3) is 2.34. The fourth-order valence-corrected chi connectivity index (χ4v) is 1.47. The molecule has 1 aromatic heterocycles. The zero-order chi connectivity index (χ0) is 12.4. The molecule has 17 heavy (non-hydrogen) atoms. The third-order valence-electron chi connectivity index (χ3n) is 2.47. The predicted octanol–water partition coefficient (Wildman–Crippen LogP) is 2.38. The molecule has 0 saturated heterocycles. The van der Waals surface area contributed by atoms with Gasteiger partial charge in [0, 0.05) is 11.5 Å². The Morgan fingerprint density at radius 3 is 2.59 bits per heavy atom. The molecule has 2 rings (SSSR count). The van der Waals surface area contributed by atoms with Crippen LogP contribution in [-0.4, -0.2) is 10.1 Å². The topological polar surface area (TPSA) is 64.9 Å². The van der Waals surface area contributed by atoms with Crippen LogP contribution < -0.4 is 5.73 Å². The van der Waals surface area contributed by atoms with Crippen LogP contribution in [0, 0.1) is 5.82 Å². The van der Waals surface area contributed by atoms with E-state index in [2.05, 4.69) is 10.1 Å². The fourth-order valence-electron chi connectivity index (χ4n) is 1.47. The largest absolute Gasteiger partial charge is 0.339 e. The lowest BCUT2D eigenvalue weighted by molar-refractivity contribution is 0.359. The Bertz CT molecular complexity index is 510. The van der Waals surface area contributed by atoms with Crippen molar-refractivity contribution in [3.63, 3.8) is 0 Å². The minimum Gasteiger partial charge on any atom is -0.339 e. The number of nitrogens with zero attached hydrogens (tertiary/aromatic N) is 2. The molecular weight excluding hydrogens is 221 g/mol. The molecule has 1 aromatic carbocycles. The van der Waals surface area contributed by atoms with E-state index >= 15 is 0 Å². The molecule has 0 aliphatic heterocycles. The van der Waals surface area contributed by atoms with Crippen LogP contribution in [-0.2, 0) is 0 Å². The van der Waals surface area contributed by atoms with Gasteiger partial charge < -0.3 is 10.3 Å². The van der Waals surface area contributed by atoms with Gasteiger partial charge in [-0.15, -0.1) is 0 Å². The van der Waals surface area contributed by atoms with Crippen molar-refractivity contribution in [2.45, 2.75) is 25.8 Å². The molecule has 0 amide bonds. The van der Waals surface area contributed by atoms with Crippen LogP contribution in [0.15, 0.2) is 28.8 Å². The van der Waals surface area contributed by atoms with Gasteiger partial charge in [-0.1, -0.05) is 37.2 Å². The monoisotopic (exact) mass is 235 g/mol. The maximum absolute atomic E-state index is 13.5. The van der Waals surface area contributed by atoms with E-state index in [1.165, 1.54) is 6.07 Å². The molecule has 0 bridgehead atoms. The van der Waals surface area contributed by atoms with Crippen LogP contribution in [0.5, 0.6) is 0 Å². The van der Waals surface area contributed by atoms with Gasteiger partial charge in [-0.3, -0.25) is 0 Å². The zero-order valence-corrected chi connectivity index (χ0v) is 9.72. The average molecular weight is 235 g/mol. The lowest BCUT2D eigenvalue weighted by atomic mass is 10.1. The molecule has 0 aliphatic carbocycles. The first kappa shape index (κ1) is 11.7. The summed E-state index contributed by atoms with van der Waals surface area (Å²) >= 11 is 0. The lowest BCUT2D eigenvalue weighted by Gasteiger charge is -2.07. The average Bonchev–Trinajstić information content (AvgIpc) is 2.78. The first-order chi connectivity index (χ1) is 8.09. The number of rotatable bonds is 3. The summed E-state index contributed by atoms with van der Waals surface area (Å²) in [6.07, 6.45) is 0. The van der Waals surface area contributed by atoms with Crippen LogP contribution in [0.25, 0.3) is 0 Å². The van der Waals surface area contributed by atoms with E-state index in [0.717, 1.165) is 0 Å². The summed E-state index contributed by atoms with van der Waals surface area (Å²) in [6.45, 7) is 3.87. The summed E-state index contributed by atoms with van der Waals surface area (Å²) in [5, 5.41) is 3.78. The van der Waals surface area contributed by atoms with Crippen molar-refractivity contribution in [2.75, 3.05) is 0 Å². The van der Waals surface area contributed by atoms with E-state index in [1.807, 2.05) is 13.8 Å². The van der Waals surface area contributed by atoms with Crippen LogP contribution in [0.3, 0.4) is 0 Å². The SMILES string of the molecule is CC(C)c1nc(C(N)c2ccccc2F)no1. The van der Waals surface area contributed by atoms with E-state index in [4.69, 9.17) is 10.3 Å². The Morgan fingerprint density at radius 2 is 2.00 bits per heavy atom. The normalized spacial score (nSPS) is 13.0. The van der Waals surface area contributed by atoms with Crippen molar-refractivity contribution >= 4 is 0 Å². The molecule has 1 heterocycles. The van der Waals surface area contributed by atoms with E-state index in [0.29, 0.717) is 17.3 Å². The molecule has 90 valence electrons. The Hall–Kier alpha value is -1.75. The maximum Gasteiger partial charge on any atom is 0.229 e. The summed E-state index contributed by atoms with van der Waals surface area (Å²) in [5.41, 5.74) is 6.27. The van der Waals surface area contributed by atoms with Crippen LogP contribution in [0.1, 0.15) is 43.1 Å². The number of halogens is 1. The maximum atomic E-state index is 13.5. The molecule has 1 unspecified atom stereocenters. The number of aromatic nitrogens is 2. The Morgan fingerprint density at radius 1 is 1.29 bits per heavy atom. The molecule has 0 aliphatic rings. The van der Waals surface area contributed by atoms with Gasteiger partial charge in [0.2, 0.25) is 5.89 Å². The first-order valence-electron chi connectivity index (χ1n) is 5.43. The van der Waals surface area contributed by atoms with Gasteiger partial charge >= 0.3 is 0 Å². The summed E-state index contributed by atoms with van der Waals surface area (Å²) in [7, 11) is 0. The molecule has 5 heteroatoms. The fraction of sp³-hybridized carbons (Fsp3) is 0.333. The zero-order valence-electron chi connectivity index (χ0n) is 9.72. The third-order valence-corrected chi connectivity index (χ3v) is 2.47. The Kier molecular flexibility index (Phi) is 3.19. The first-order valence-corrected chi connectivity index (χ1v) is 5.43. The van der Waals surface area contributed by atoms with Gasteiger partial charge in [0.05, 0.1) is 6.04 Å². The second-order valence-corrected chi connectivity index (χ2v) is 4.14. The molecule has 4 nitrogen and oxygen atoms in total. The summed E-state index contributed by atoms with van der Waals surface area (Å²) in [5.74, 6) is 0.575. The highest BCUT2D eigenvalue weighted by Gasteiger charge is 2.19. The van der Waals surface area contributed by atoms with Crippen molar-refractivity contribution in [3.8, 4) is 0 Å². The summed E-state index contributed by atoms with van der Waals surface area (Å²) in [6, 6.07) is 5.61. The standard InChI is InChI=1S/C12H14FN3O/c1-7(2)12-15-11(16-17-12)10(14)8-5-3-4-6-9(8)13/h3-7,10H,14H2,1-2H3. The van der Waals surface area contributed by atoms with E-state index < -0.39 is 6.04 Å². The van der Waals surface area contributed by atoms with Crippen molar-refractivity contribution in [2.24, 2.45) is 5.73 Å². The summed E-state index contributed by atoms with van der Waals surface area (Å²) in [4.78, 5) is 4.16. The van der Waals surface area contributed by atoms with Crippen LogP contribution >= 0.6 is 0 Å². The van der Waals surface area contributed by atoms with Gasteiger partial charge in [0.15, 0.2) is 5.82 Å². The van der Waals surface area contributed by atoms with Gasteiger partial charge in [-0.25, -0.2) is 4.39 Å². The van der Waals surface area contributed by atoms with E-state index in [9.17, 15) is 4.39 Å². The lowest BCUT2D eigenvalue weighted by Crippen LogP contribution is -2.15. The molecule has 0 radical (unpaired) electrons. The highest BCUT2D eigenvalue weighted by molar-refractivity contribution is 5.25. The highest BCUT2D eigenvalue weighted by atomic mass is 19.1. The smallest absolute Gasteiger partial charge is 0.229 e. The number of hydrogen-bond donors (Lipinski definition) is 1. The minimum atomic E-state index is -0.701. The van der Waals surface area contributed by atoms with Crippen LogP contribution in [0.2, 0.25) is 0 Å². The highest BCUT2D eigenvalue weighted by Crippen LogP contribution is 2.21. The van der Waals surface area contributed by atoms with Gasteiger partial charge in [0.1, 0.15) is 5.82 Å². The molecule has 0 spiro atoms. The Balaban J connectivity index is 2.31. The van der Waals surface area contributed by atoms with Gasteiger partial charge in [-0.2, -0.15) is 4.98 Å². The second kappa shape index (κ2) is 4.63. The predicted molar refractivity (Wildman–Crippen MR) is 60.8 cm³/mol. The molecule has 0 saturated carbocycles. The minimum absolute atomic E-state index is 0.129. The van der Waals surface area contributed by atoms with E-state index in [-0.39, 0.29) is 11.7 Å². The van der Waals surface area contributed by atoms with Crippen LogP contribution in [0.4, 0.5) is 4.39 Å². The molecule has 2 N–H and O–H groups in total. The van der Waals surface area contributed by atoms with E-state index in [1.54, 1.807) is 18.2 Å². The van der Waals surface area contributed by atoms with Gasteiger partial charge in [-0.05, 0) is 6.07 Å². The second-order valence-electron chi connectivity index (χ2n) is 4.14. The number of nitrogens with two attached hydrogens (primary N) is 1. The van der Waals surface area contributed by atoms with Crippen molar-refractivity contribution in [1.29, 1.82) is 0 Å². The quantitative estimate of drug-likeness (QED) is 0.887. The molecule has 1 atom stereocenters. The van der Waals surface area contributed by atoms with Gasteiger partial charge in [0.25, 0.3) is 0 Å².